The number of benzene rings is 1. The van der Waals surface area contributed by atoms with Gasteiger partial charge in [0.2, 0.25) is 0 Å². The Hall–Kier alpha value is -3.56. The first kappa shape index (κ1) is 24.1. The van der Waals surface area contributed by atoms with Crippen molar-refractivity contribution in [1.82, 2.24) is 20.1 Å². The molecule has 0 saturated heterocycles. The minimum atomic E-state index is -4.48. The van der Waals surface area contributed by atoms with Gasteiger partial charge in [-0.3, -0.25) is 4.79 Å². The van der Waals surface area contributed by atoms with Gasteiger partial charge in [-0.15, -0.1) is 0 Å². The monoisotopic (exact) mass is 462 g/mol. The number of pyridine rings is 1. The molecule has 1 N–H and O–H groups in total. The minimum Gasteiger partial charge on any atom is -0.497 e. The van der Waals surface area contributed by atoms with E-state index in [-0.39, 0.29) is 17.6 Å². The Labute approximate surface area is 189 Å². The topological polar surface area (TPSA) is 78.3 Å². The number of carbonyl (C=O) groups excluding carboxylic acids is 1. The molecule has 2 aromatic heterocycles. The van der Waals surface area contributed by atoms with E-state index in [1.165, 1.54) is 16.9 Å². The molecule has 1 aromatic carbocycles. The Kier molecular flexibility index (Phi) is 7.25. The van der Waals surface area contributed by atoms with Gasteiger partial charge in [-0.05, 0) is 36.1 Å². The molecule has 7 nitrogen and oxygen atoms in total. The number of alkyl halides is 3. The fourth-order valence-corrected chi connectivity index (χ4v) is 3.41. The fourth-order valence-electron chi connectivity index (χ4n) is 3.41. The maximum absolute atomic E-state index is 12.9. The van der Waals surface area contributed by atoms with E-state index in [4.69, 9.17) is 9.47 Å². The smallest absolute Gasteiger partial charge is 0.417 e. The van der Waals surface area contributed by atoms with E-state index in [2.05, 4.69) is 15.4 Å². The zero-order valence-electron chi connectivity index (χ0n) is 18.7. The van der Waals surface area contributed by atoms with Gasteiger partial charge in [0.05, 0.1) is 37.2 Å². The number of amides is 1. The van der Waals surface area contributed by atoms with E-state index in [0.29, 0.717) is 35.7 Å². The summed E-state index contributed by atoms with van der Waals surface area (Å²) in [4.78, 5) is 16.8. The molecular formula is C23H25F3N4O3. The lowest BCUT2D eigenvalue weighted by Crippen LogP contribution is -2.27. The maximum atomic E-state index is 12.9. The highest BCUT2D eigenvalue weighted by Gasteiger charge is 2.31. The SMILES string of the molecule is COc1ccc(CCNC(=O)c2cnn(-c3ccc(C(F)(F)F)cn3)c2C(C)C)c(OC)c1. The lowest BCUT2D eigenvalue weighted by molar-refractivity contribution is -0.137. The molecule has 1 amide bonds. The maximum Gasteiger partial charge on any atom is 0.417 e. The molecule has 2 heterocycles. The van der Waals surface area contributed by atoms with Crippen molar-refractivity contribution in [2.75, 3.05) is 20.8 Å². The molecule has 33 heavy (non-hydrogen) atoms. The number of hydrogen-bond acceptors (Lipinski definition) is 5. The Morgan fingerprint density at radius 2 is 1.88 bits per heavy atom. The zero-order chi connectivity index (χ0) is 24.2. The summed E-state index contributed by atoms with van der Waals surface area (Å²) in [5.74, 6) is 1.08. The van der Waals surface area contributed by atoms with E-state index in [1.807, 2.05) is 26.0 Å². The summed E-state index contributed by atoms with van der Waals surface area (Å²) in [6, 6.07) is 7.64. The van der Waals surface area contributed by atoms with Crippen molar-refractivity contribution in [3.05, 3.63) is 65.1 Å². The van der Waals surface area contributed by atoms with Gasteiger partial charge in [0.1, 0.15) is 11.5 Å². The van der Waals surface area contributed by atoms with Gasteiger partial charge >= 0.3 is 6.18 Å². The van der Waals surface area contributed by atoms with Crippen molar-refractivity contribution in [2.24, 2.45) is 0 Å². The molecular weight excluding hydrogens is 437 g/mol. The van der Waals surface area contributed by atoms with Crippen LogP contribution in [0.25, 0.3) is 5.82 Å². The molecule has 10 heteroatoms. The average Bonchev–Trinajstić information content (AvgIpc) is 3.24. The lowest BCUT2D eigenvalue weighted by Gasteiger charge is -2.14. The molecule has 0 aliphatic rings. The summed E-state index contributed by atoms with van der Waals surface area (Å²) < 4.78 is 50.5. The van der Waals surface area contributed by atoms with Crippen molar-refractivity contribution < 1.29 is 27.4 Å². The van der Waals surface area contributed by atoms with Crippen LogP contribution in [0.4, 0.5) is 13.2 Å². The lowest BCUT2D eigenvalue weighted by atomic mass is 10.0. The Bertz CT molecular complexity index is 1110. The van der Waals surface area contributed by atoms with Crippen LogP contribution < -0.4 is 14.8 Å². The van der Waals surface area contributed by atoms with Crippen LogP contribution >= 0.6 is 0 Å². The second-order valence-corrected chi connectivity index (χ2v) is 7.60. The third-order valence-electron chi connectivity index (χ3n) is 5.06. The number of aromatic nitrogens is 3. The van der Waals surface area contributed by atoms with E-state index >= 15 is 0 Å². The highest BCUT2D eigenvalue weighted by Crippen LogP contribution is 2.29. The molecule has 0 unspecified atom stereocenters. The largest absolute Gasteiger partial charge is 0.497 e. The molecule has 176 valence electrons. The molecule has 0 bridgehead atoms. The summed E-state index contributed by atoms with van der Waals surface area (Å²) in [5.41, 5.74) is 0.957. The number of nitrogens with zero attached hydrogens (tertiary/aromatic N) is 3. The molecule has 3 aromatic rings. The molecule has 0 aliphatic carbocycles. The molecule has 0 fully saturated rings. The van der Waals surface area contributed by atoms with Gasteiger partial charge in [-0.1, -0.05) is 19.9 Å². The first-order valence-corrected chi connectivity index (χ1v) is 10.3. The van der Waals surface area contributed by atoms with Crippen LogP contribution in [0.15, 0.2) is 42.7 Å². The summed E-state index contributed by atoms with van der Waals surface area (Å²) in [6.07, 6.45) is -1.79. The predicted molar refractivity (Wildman–Crippen MR) is 116 cm³/mol. The van der Waals surface area contributed by atoms with Crippen molar-refractivity contribution in [3.8, 4) is 17.3 Å². The van der Waals surface area contributed by atoms with Gasteiger partial charge in [0, 0.05) is 18.8 Å². The summed E-state index contributed by atoms with van der Waals surface area (Å²) in [5, 5.41) is 7.08. The van der Waals surface area contributed by atoms with Crippen molar-refractivity contribution in [3.63, 3.8) is 0 Å². The van der Waals surface area contributed by atoms with Gasteiger partial charge in [-0.2, -0.15) is 18.3 Å². The Balaban J connectivity index is 1.76. The third-order valence-corrected chi connectivity index (χ3v) is 5.06. The second-order valence-electron chi connectivity index (χ2n) is 7.60. The van der Waals surface area contributed by atoms with Crippen LogP contribution in [0.5, 0.6) is 11.5 Å². The molecule has 0 atom stereocenters. The quantitative estimate of drug-likeness (QED) is 0.537. The van der Waals surface area contributed by atoms with Crippen LogP contribution in [0, 0.1) is 0 Å². The number of halogens is 3. The minimum absolute atomic E-state index is 0.126. The summed E-state index contributed by atoms with van der Waals surface area (Å²) in [6.45, 7) is 4.09. The number of rotatable bonds is 8. The fraction of sp³-hybridized carbons (Fsp3) is 0.348. The average molecular weight is 462 g/mol. The van der Waals surface area contributed by atoms with E-state index < -0.39 is 11.7 Å². The van der Waals surface area contributed by atoms with Crippen LogP contribution in [0.2, 0.25) is 0 Å². The molecule has 0 spiro atoms. The normalized spacial score (nSPS) is 11.5. The molecule has 0 aliphatic heterocycles. The van der Waals surface area contributed by atoms with Crippen molar-refractivity contribution in [1.29, 1.82) is 0 Å². The number of methoxy groups -OCH3 is 2. The van der Waals surface area contributed by atoms with Crippen LogP contribution in [-0.2, 0) is 12.6 Å². The van der Waals surface area contributed by atoms with Crippen LogP contribution in [0.1, 0.15) is 46.9 Å². The number of hydrogen-bond donors (Lipinski definition) is 1. The highest BCUT2D eigenvalue weighted by atomic mass is 19.4. The second kappa shape index (κ2) is 9.93. The molecule has 0 saturated carbocycles. The Morgan fingerprint density at radius 1 is 1.12 bits per heavy atom. The highest BCUT2D eigenvalue weighted by molar-refractivity contribution is 5.95. The molecule has 0 radical (unpaired) electrons. The first-order valence-electron chi connectivity index (χ1n) is 10.3. The van der Waals surface area contributed by atoms with E-state index in [0.717, 1.165) is 17.8 Å². The van der Waals surface area contributed by atoms with E-state index in [1.54, 1.807) is 20.3 Å². The van der Waals surface area contributed by atoms with Gasteiger partial charge in [-0.25, -0.2) is 9.67 Å². The van der Waals surface area contributed by atoms with Gasteiger partial charge in [0.15, 0.2) is 5.82 Å². The summed E-state index contributed by atoms with van der Waals surface area (Å²) in [7, 11) is 3.14. The van der Waals surface area contributed by atoms with E-state index in [9.17, 15) is 18.0 Å². The van der Waals surface area contributed by atoms with Crippen molar-refractivity contribution in [2.45, 2.75) is 32.4 Å². The Morgan fingerprint density at radius 3 is 2.45 bits per heavy atom. The predicted octanol–water partition coefficient (Wildman–Crippen LogP) is 4.40. The molecule has 3 rings (SSSR count). The van der Waals surface area contributed by atoms with Gasteiger partial charge in [0.25, 0.3) is 5.91 Å². The number of carbonyl (C=O) groups is 1. The van der Waals surface area contributed by atoms with Gasteiger partial charge < -0.3 is 14.8 Å². The number of nitrogens with one attached hydrogen (secondary N) is 1. The first-order chi connectivity index (χ1) is 15.7. The van der Waals surface area contributed by atoms with Crippen LogP contribution in [0.3, 0.4) is 0 Å². The standard InChI is InChI=1S/C23H25F3N4O3/c1-14(2)21-18(13-29-30(21)20-8-6-16(12-28-20)23(24,25)26)22(31)27-10-9-15-5-7-17(32-3)11-19(15)33-4/h5-8,11-14H,9-10H2,1-4H3,(H,27,31). The number of ether oxygens (including phenoxy) is 2. The van der Waals surface area contributed by atoms with Crippen LogP contribution in [-0.4, -0.2) is 41.4 Å². The van der Waals surface area contributed by atoms with Crippen molar-refractivity contribution >= 4 is 5.91 Å². The zero-order valence-corrected chi connectivity index (χ0v) is 18.7. The third kappa shape index (κ3) is 5.44. The summed E-state index contributed by atoms with van der Waals surface area (Å²) >= 11 is 0.